The fraction of sp³-hybridized carbons (Fsp3) is 0.417. The van der Waals surface area contributed by atoms with Crippen LogP contribution in [-0.2, 0) is 4.74 Å². The lowest BCUT2D eigenvalue weighted by molar-refractivity contribution is 0.0697. The van der Waals surface area contributed by atoms with Crippen LogP contribution in [0.4, 0.5) is 11.4 Å². The normalized spacial score (nSPS) is 16.7. The van der Waals surface area contributed by atoms with E-state index in [1.165, 1.54) is 6.07 Å². The number of ether oxygens (including phenoxy) is 1. The van der Waals surface area contributed by atoms with E-state index < -0.39 is 5.97 Å². The second-order valence-corrected chi connectivity index (χ2v) is 4.14. The van der Waals surface area contributed by atoms with Crippen LogP contribution < -0.4 is 11.1 Å². The molecule has 4 N–H and O–H groups in total. The molecular weight excluding hydrogens is 220 g/mol. The predicted octanol–water partition coefficient (Wildman–Crippen LogP) is 1.56. The maximum Gasteiger partial charge on any atom is 0.337 e. The van der Waals surface area contributed by atoms with Crippen molar-refractivity contribution >= 4 is 17.3 Å². The molecule has 2 rings (SSSR count). The van der Waals surface area contributed by atoms with Gasteiger partial charge in [-0.15, -0.1) is 0 Å². The van der Waals surface area contributed by atoms with Gasteiger partial charge in [0.05, 0.1) is 5.56 Å². The molecule has 1 fully saturated rings. The SMILES string of the molecule is Nc1ccc(NC2CCOCC2)c(C(=O)O)c1. The second kappa shape index (κ2) is 5.05. The zero-order valence-corrected chi connectivity index (χ0v) is 9.48. The predicted molar refractivity (Wildman–Crippen MR) is 65.3 cm³/mol. The number of nitrogens with one attached hydrogen (secondary N) is 1. The number of benzene rings is 1. The number of nitrogen functional groups attached to an aromatic ring is 1. The van der Waals surface area contributed by atoms with Gasteiger partial charge in [0.1, 0.15) is 0 Å². The Morgan fingerprint density at radius 3 is 2.76 bits per heavy atom. The lowest BCUT2D eigenvalue weighted by Gasteiger charge is -2.24. The fourth-order valence-corrected chi connectivity index (χ4v) is 1.93. The monoisotopic (exact) mass is 236 g/mol. The van der Waals surface area contributed by atoms with Crippen LogP contribution in [0.2, 0.25) is 0 Å². The van der Waals surface area contributed by atoms with Crippen LogP contribution in [-0.4, -0.2) is 30.3 Å². The molecule has 0 unspecified atom stereocenters. The van der Waals surface area contributed by atoms with Gasteiger partial charge in [0.25, 0.3) is 0 Å². The highest BCUT2D eigenvalue weighted by Crippen LogP contribution is 2.22. The van der Waals surface area contributed by atoms with Crippen LogP contribution in [0.1, 0.15) is 23.2 Å². The molecule has 1 aromatic carbocycles. The summed E-state index contributed by atoms with van der Waals surface area (Å²) in [6, 6.07) is 5.16. The van der Waals surface area contributed by atoms with Gasteiger partial charge in [-0.3, -0.25) is 0 Å². The molecule has 0 saturated carbocycles. The molecule has 1 aliphatic heterocycles. The summed E-state index contributed by atoms with van der Waals surface area (Å²) in [5.41, 5.74) is 6.89. The van der Waals surface area contributed by atoms with Crippen molar-refractivity contribution in [3.63, 3.8) is 0 Å². The van der Waals surface area contributed by atoms with Gasteiger partial charge in [-0.1, -0.05) is 0 Å². The summed E-state index contributed by atoms with van der Waals surface area (Å²) in [6.45, 7) is 1.43. The molecule has 1 aromatic rings. The third-order valence-electron chi connectivity index (χ3n) is 2.85. The first-order valence-corrected chi connectivity index (χ1v) is 5.64. The standard InChI is InChI=1S/C12H16N2O3/c13-8-1-2-11(10(7-8)12(15)16)14-9-3-5-17-6-4-9/h1-2,7,9,14H,3-6,13H2,(H,15,16). The van der Waals surface area contributed by atoms with Gasteiger partial charge in [0.2, 0.25) is 0 Å². The van der Waals surface area contributed by atoms with Gasteiger partial charge in [0.15, 0.2) is 0 Å². The average molecular weight is 236 g/mol. The van der Waals surface area contributed by atoms with Gasteiger partial charge in [0, 0.05) is 30.6 Å². The molecule has 0 aromatic heterocycles. The quantitative estimate of drug-likeness (QED) is 0.693. The van der Waals surface area contributed by atoms with Gasteiger partial charge in [-0.05, 0) is 31.0 Å². The van der Waals surface area contributed by atoms with Crippen molar-refractivity contribution in [2.24, 2.45) is 0 Å². The van der Waals surface area contributed by atoms with Crippen molar-refractivity contribution < 1.29 is 14.6 Å². The summed E-state index contributed by atoms with van der Waals surface area (Å²) in [6.07, 6.45) is 1.78. The van der Waals surface area contributed by atoms with E-state index in [1.54, 1.807) is 12.1 Å². The van der Waals surface area contributed by atoms with E-state index in [0.717, 1.165) is 26.1 Å². The fourth-order valence-electron chi connectivity index (χ4n) is 1.93. The van der Waals surface area contributed by atoms with Crippen molar-refractivity contribution in [3.8, 4) is 0 Å². The van der Waals surface area contributed by atoms with E-state index >= 15 is 0 Å². The van der Waals surface area contributed by atoms with Crippen LogP contribution in [0.5, 0.6) is 0 Å². The van der Waals surface area contributed by atoms with E-state index in [9.17, 15) is 4.79 Å². The van der Waals surface area contributed by atoms with Crippen LogP contribution >= 0.6 is 0 Å². The zero-order chi connectivity index (χ0) is 12.3. The molecule has 5 heteroatoms. The van der Waals surface area contributed by atoms with Crippen LogP contribution in [0.15, 0.2) is 18.2 Å². The number of nitrogens with two attached hydrogens (primary N) is 1. The summed E-state index contributed by atoms with van der Waals surface area (Å²) in [5, 5.41) is 12.3. The molecule has 1 heterocycles. The van der Waals surface area contributed by atoms with Crippen LogP contribution in [0.25, 0.3) is 0 Å². The number of hydrogen-bond donors (Lipinski definition) is 3. The number of hydrogen-bond acceptors (Lipinski definition) is 4. The molecule has 0 aliphatic carbocycles. The Morgan fingerprint density at radius 2 is 2.12 bits per heavy atom. The minimum atomic E-state index is -0.966. The lowest BCUT2D eigenvalue weighted by Crippen LogP contribution is -2.28. The first-order valence-electron chi connectivity index (χ1n) is 5.64. The summed E-state index contributed by atoms with van der Waals surface area (Å²) in [7, 11) is 0. The van der Waals surface area contributed by atoms with Crippen LogP contribution in [0, 0.1) is 0 Å². The molecule has 0 amide bonds. The largest absolute Gasteiger partial charge is 0.478 e. The summed E-state index contributed by atoms with van der Waals surface area (Å²) in [4.78, 5) is 11.1. The Labute approximate surface area is 99.6 Å². The zero-order valence-electron chi connectivity index (χ0n) is 9.48. The number of anilines is 2. The highest BCUT2D eigenvalue weighted by atomic mass is 16.5. The van der Waals surface area contributed by atoms with Gasteiger partial charge < -0.3 is 20.9 Å². The molecule has 1 aliphatic rings. The molecule has 5 nitrogen and oxygen atoms in total. The molecule has 0 atom stereocenters. The van der Waals surface area contributed by atoms with Crippen molar-refractivity contribution in [1.82, 2.24) is 0 Å². The third kappa shape index (κ3) is 2.88. The number of carboxylic acid groups (broad SMARTS) is 1. The third-order valence-corrected chi connectivity index (χ3v) is 2.85. The first kappa shape index (κ1) is 11.7. The van der Waals surface area contributed by atoms with E-state index in [-0.39, 0.29) is 11.6 Å². The Hall–Kier alpha value is -1.75. The topological polar surface area (TPSA) is 84.6 Å². The highest BCUT2D eigenvalue weighted by molar-refractivity contribution is 5.95. The maximum absolute atomic E-state index is 11.1. The summed E-state index contributed by atoms with van der Waals surface area (Å²) >= 11 is 0. The number of carbonyl (C=O) groups is 1. The van der Waals surface area contributed by atoms with E-state index in [0.29, 0.717) is 11.4 Å². The van der Waals surface area contributed by atoms with Crippen molar-refractivity contribution in [2.75, 3.05) is 24.3 Å². The molecule has 17 heavy (non-hydrogen) atoms. The first-order chi connectivity index (χ1) is 8.16. The Kier molecular flexibility index (Phi) is 3.49. The maximum atomic E-state index is 11.1. The van der Waals surface area contributed by atoms with E-state index in [2.05, 4.69) is 5.32 Å². The Balaban J connectivity index is 2.16. The minimum Gasteiger partial charge on any atom is -0.478 e. The van der Waals surface area contributed by atoms with Gasteiger partial charge in [-0.25, -0.2) is 4.79 Å². The Morgan fingerprint density at radius 1 is 1.41 bits per heavy atom. The molecule has 0 radical (unpaired) electrons. The van der Waals surface area contributed by atoms with E-state index in [1.807, 2.05) is 0 Å². The molecular formula is C12H16N2O3. The van der Waals surface area contributed by atoms with Crippen molar-refractivity contribution in [1.29, 1.82) is 0 Å². The lowest BCUT2D eigenvalue weighted by atomic mass is 10.1. The molecule has 1 saturated heterocycles. The smallest absolute Gasteiger partial charge is 0.337 e. The highest BCUT2D eigenvalue weighted by Gasteiger charge is 2.17. The average Bonchev–Trinajstić information content (AvgIpc) is 2.32. The minimum absolute atomic E-state index is 0.219. The summed E-state index contributed by atoms with van der Waals surface area (Å²) < 4.78 is 5.26. The second-order valence-electron chi connectivity index (χ2n) is 4.14. The number of aromatic carboxylic acids is 1. The van der Waals surface area contributed by atoms with Gasteiger partial charge in [-0.2, -0.15) is 0 Å². The number of rotatable bonds is 3. The van der Waals surface area contributed by atoms with E-state index in [4.69, 9.17) is 15.6 Å². The van der Waals surface area contributed by atoms with Crippen LogP contribution in [0.3, 0.4) is 0 Å². The molecule has 92 valence electrons. The van der Waals surface area contributed by atoms with Crippen molar-refractivity contribution in [3.05, 3.63) is 23.8 Å². The number of carboxylic acids is 1. The van der Waals surface area contributed by atoms with Gasteiger partial charge >= 0.3 is 5.97 Å². The van der Waals surface area contributed by atoms with Crippen molar-refractivity contribution in [2.45, 2.75) is 18.9 Å². The summed E-state index contributed by atoms with van der Waals surface area (Å²) in [5.74, 6) is -0.966. The molecule has 0 spiro atoms. The molecule has 0 bridgehead atoms. The Bertz CT molecular complexity index is 414.